The van der Waals surface area contributed by atoms with Gasteiger partial charge in [0.15, 0.2) is 5.82 Å². The highest BCUT2D eigenvalue weighted by molar-refractivity contribution is 6.31. The summed E-state index contributed by atoms with van der Waals surface area (Å²) >= 11 is 6.07. The first-order valence-electron chi connectivity index (χ1n) is 6.79. The van der Waals surface area contributed by atoms with E-state index in [4.69, 9.17) is 16.1 Å². The van der Waals surface area contributed by atoms with E-state index in [1.807, 2.05) is 42.8 Å². The lowest BCUT2D eigenvalue weighted by Gasteiger charge is -2.01. The van der Waals surface area contributed by atoms with Crippen molar-refractivity contribution >= 4 is 22.5 Å². The smallest absolute Gasteiger partial charge is 0.229 e. The number of aliphatic hydroxyl groups is 1. The van der Waals surface area contributed by atoms with Crippen LogP contribution in [0.15, 0.2) is 28.9 Å². The summed E-state index contributed by atoms with van der Waals surface area (Å²) in [6.45, 7) is 4.47. The zero-order chi connectivity index (χ0) is 15.0. The van der Waals surface area contributed by atoms with Crippen molar-refractivity contribution in [1.82, 2.24) is 14.7 Å². The summed E-state index contributed by atoms with van der Waals surface area (Å²) in [4.78, 5) is 4.38. The molecule has 21 heavy (non-hydrogen) atoms. The van der Waals surface area contributed by atoms with Gasteiger partial charge in [0.05, 0.1) is 18.7 Å². The summed E-state index contributed by atoms with van der Waals surface area (Å²) in [5.74, 6) is 1.44. The molecule has 1 N–H and O–H groups in total. The molecule has 3 aromatic rings. The fourth-order valence-electron chi connectivity index (χ4n) is 2.32. The van der Waals surface area contributed by atoms with E-state index in [-0.39, 0.29) is 12.5 Å². The predicted molar refractivity (Wildman–Crippen MR) is 80.4 cm³/mol. The summed E-state index contributed by atoms with van der Waals surface area (Å²) in [6, 6.07) is 5.60. The van der Waals surface area contributed by atoms with Crippen molar-refractivity contribution in [1.29, 1.82) is 0 Å². The maximum Gasteiger partial charge on any atom is 0.229 e. The SMILES string of the molecule is CC(C)c1nc(Cn2cc(CO)c3ccc(Cl)cc32)no1. The molecule has 0 spiro atoms. The first-order valence-corrected chi connectivity index (χ1v) is 7.17. The van der Waals surface area contributed by atoms with E-state index in [0.29, 0.717) is 23.3 Å². The normalized spacial score (nSPS) is 11.7. The van der Waals surface area contributed by atoms with E-state index in [0.717, 1.165) is 16.5 Å². The number of fused-ring (bicyclic) bond motifs is 1. The number of benzene rings is 1. The van der Waals surface area contributed by atoms with Crippen LogP contribution in [0, 0.1) is 0 Å². The molecular formula is C15H16ClN3O2. The molecule has 3 rings (SSSR count). The number of aromatic nitrogens is 3. The van der Waals surface area contributed by atoms with Crippen molar-refractivity contribution in [3.05, 3.63) is 46.7 Å². The fraction of sp³-hybridized carbons (Fsp3) is 0.333. The number of rotatable bonds is 4. The molecule has 0 atom stereocenters. The zero-order valence-electron chi connectivity index (χ0n) is 11.9. The molecule has 5 nitrogen and oxygen atoms in total. The summed E-state index contributed by atoms with van der Waals surface area (Å²) in [5, 5.41) is 15.1. The predicted octanol–water partition coefficient (Wildman–Crippen LogP) is 3.34. The van der Waals surface area contributed by atoms with Crippen LogP contribution in [-0.2, 0) is 13.2 Å². The van der Waals surface area contributed by atoms with Gasteiger partial charge in [0.2, 0.25) is 5.89 Å². The van der Waals surface area contributed by atoms with Crippen molar-refractivity contribution in [2.24, 2.45) is 0 Å². The monoisotopic (exact) mass is 305 g/mol. The summed E-state index contributed by atoms with van der Waals surface area (Å²) in [5.41, 5.74) is 1.80. The van der Waals surface area contributed by atoms with Crippen LogP contribution in [0.3, 0.4) is 0 Å². The lowest BCUT2D eigenvalue weighted by molar-refractivity contribution is 0.283. The van der Waals surface area contributed by atoms with Gasteiger partial charge in [-0.25, -0.2) is 0 Å². The molecule has 0 aliphatic heterocycles. The Morgan fingerprint density at radius 1 is 1.38 bits per heavy atom. The van der Waals surface area contributed by atoms with E-state index in [2.05, 4.69) is 10.1 Å². The zero-order valence-corrected chi connectivity index (χ0v) is 12.6. The third kappa shape index (κ3) is 2.66. The minimum absolute atomic E-state index is 0.0192. The maximum atomic E-state index is 9.47. The van der Waals surface area contributed by atoms with Gasteiger partial charge in [0.1, 0.15) is 0 Å². The van der Waals surface area contributed by atoms with Crippen LogP contribution in [0.2, 0.25) is 5.02 Å². The van der Waals surface area contributed by atoms with Crippen LogP contribution in [-0.4, -0.2) is 19.8 Å². The molecule has 0 aliphatic carbocycles. The van der Waals surface area contributed by atoms with Gasteiger partial charge in [-0.3, -0.25) is 0 Å². The first kappa shape index (κ1) is 14.1. The molecule has 2 heterocycles. The Hall–Kier alpha value is -1.85. The summed E-state index contributed by atoms with van der Waals surface area (Å²) < 4.78 is 7.19. The van der Waals surface area contributed by atoms with Crippen molar-refractivity contribution in [3.8, 4) is 0 Å². The molecule has 1 aromatic carbocycles. The lowest BCUT2D eigenvalue weighted by Crippen LogP contribution is -2.00. The van der Waals surface area contributed by atoms with Gasteiger partial charge in [-0.15, -0.1) is 0 Å². The standard InChI is InChI=1S/C15H16ClN3O2/c1-9(2)15-17-14(18-21-15)7-19-6-10(8-20)12-4-3-11(16)5-13(12)19/h3-6,9,20H,7-8H2,1-2H3. The molecule has 0 bridgehead atoms. The van der Waals surface area contributed by atoms with Crippen LogP contribution < -0.4 is 0 Å². The summed E-state index contributed by atoms with van der Waals surface area (Å²) in [7, 11) is 0. The Kier molecular flexibility index (Phi) is 3.69. The van der Waals surface area contributed by atoms with Crippen molar-refractivity contribution in [2.45, 2.75) is 32.9 Å². The second kappa shape index (κ2) is 5.50. The maximum absolute atomic E-state index is 9.47. The van der Waals surface area contributed by atoms with Gasteiger partial charge in [0, 0.05) is 28.1 Å². The molecule has 0 fully saturated rings. The van der Waals surface area contributed by atoms with Crippen LogP contribution in [0.4, 0.5) is 0 Å². The highest BCUT2D eigenvalue weighted by Crippen LogP contribution is 2.25. The number of aliphatic hydroxyl groups excluding tert-OH is 1. The van der Waals surface area contributed by atoms with Gasteiger partial charge >= 0.3 is 0 Å². The van der Waals surface area contributed by atoms with Gasteiger partial charge in [-0.2, -0.15) is 4.98 Å². The summed E-state index contributed by atoms with van der Waals surface area (Å²) in [6.07, 6.45) is 1.90. The van der Waals surface area contributed by atoms with Gasteiger partial charge < -0.3 is 14.2 Å². The number of halogens is 1. The highest BCUT2D eigenvalue weighted by Gasteiger charge is 2.13. The van der Waals surface area contributed by atoms with Crippen molar-refractivity contribution < 1.29 is 9.63 Å². The Bertz CT molecular complexity index is 776. The van der Waals surface area contributed by atoms with Crippen LogP contribution in [0.1, 0.15) is 37.0 Å². The second-order valence-corrected chi connectivity index (χ2v) is 5.74. The molecule has 0 unspecified atom stereocenters. The van der Waals surface area contributed by atoms with Gasteiger partial charge in [0.25, 0.3) is 0 Å². The highest BCUT2D eigenvalue weighted by atomic mass is 35.5. The minimum Gasteiger partial charge on any atom is -0.392 e. The van der Waals surface area contributed by atoms with Gasteiger partial charge in [-0.1, -0.05) is 36.7 Å². The molecule has 0 amide bonds. The van der Waals surface area contributed by atoms with Crippen molar-refractivity contribution in [2.75, 3.05) is 0 Å². The average molecular weight is 306 g/mol. The molecule has 110 valence electrons. The number of nitrogens with zero attached hydrogens (tertiary/aromatic N) is 3. The topological polar surface area (TPSA) is 64.1 Å². The Balaban J connectivity index is 2.01. The molecule has 2 aromatic heterocycles. The minimum atomic E-state index is -0.0192. The van der Waals surface area contributed by atoms with E-state index in [1.165, 1.54) is 0 Å². The van der Waals surface area contributed by atoms with Gasteiger partial charge in [-0.05, 0) is 12.1 Å². The largest absolute Gasteiger partial charge is 0.392 e. The quantitative estimate of drug-likeness (QED) is 0.803. The van der Waals surface area contributed by atoms with E-state index in [9.17, 15) is 5.11 Å². The Labute approximate surface area is 127 Å². The number of hydrogen-bond donors (Lipinski definition) is 1. The molecule has 6 heteroatoms. The van der Waals surface area contributed by atoms with Crippen LogP contribution in [0.25, 0.3) is 10.9 Å². The molecule has 0 aliphatic rings. The van der Waals surface area contributed by atoms with E-state index in [1.54, 1.807) is 0 Å². The van der Waals surface area contributed by atoms with Crippen LogP contribution >= 0.6 is 11.6 Å². The average Bonchev–Trinajstić information content (AvgIpc) is 3.04. The third-order valence-corrected chi connectivity index (χ3v) is 3.62. The third-order valence-electron chi connectivity index (χ3n) is 3.39. The molecule has 0 radical (unpaired) electrons. The van der Waals surface area contributed by atoms with E-state index < -0.39 is 0 Å². The number of hydrogen-bond acceptors (Lipinski definition) is 4. The first-order chi connectivity index (χ1) is 10.1. The lowest BCUT2D eigenvalue weighted by atomic mass is 10.2. The molecule has 0 saturated heterocycles. The van der Waals surface area contributed by atoms with Crippen molar-refractivity contribution in [3.63, 3.8) is 0 Å². The molecule has 0 saturated carbocycles. The van der Waals surface area contributed by atoms with Crippen LogP contribution in [0.5, 0.6) is 0 Å². The Morgan fingerprint density at radius 3 is 2.86 bits per heavy atom. The van der Waals surface area contributed by atoms with E-state index >= 15 is 0 Å². The Morgan fingerprint density at radius 2 is 2.19 bits per heavy atom. The fourth-order valence-corrected chi connectivity index (χ4v) is 2.48. The second-order valence-electron chi connectivity index (χ2n) is 5.31. The molecular weight excluding hydrogens is 290 g/mol.